The number of amides is 1. The Hall–Kier alpha value is -1.59. The smallest absolute Gasteiger partial charge is 0.223 e. The zero-order valence-corrected chi connectivity index (χ0v) is 11.9. The molecule has 2 aromatic rings. The Morgan fingerprint density at radius 3 is 2.85 bits per heavy atom. The number of hydrogen-bond acceptors (Lipinski definition) is 4. The number of thiophene rings is 1. The Morgan fingerprint density at radius 2 is 2.30 bits per heavy atom. The van der Waals surface area contributed by atoms with Gasteiger partial charge in [0, 0.05) is 10.8 Å². The molecule has 0 bridgehead atoms. The highest BCUT2D eigenvalue weighted by molar-refractivity contribution is 7.10. The quantitative estimate of drug-likeness (QED) is 0.889. The lowest BCUT2D eigenvalue weighted by Gasteiger charge is -2.29. The van der Waals surface area contributed by atoms with Crippen LogP contribution in [0.5, 0.6) is 0 Å². The lowest BCUT2D eigenvalue weighted by Crippen LogP contribution is -2.44. The highest BCUT2D eigenvalue weighted by atomic mass is 32.1. The van der Waals surface area contributed by atoms with Crippen molar-refractivity contribution in [1.82, 2.24) is 5.32 Å². The van der Waals surface area contributed by atoms with E-state index in [9.17, 15) is 9.90 Å². The first-order valence-corrected chi connectivity index (χ1v) is 7.66. The molecule has 20 heavy (non-hydrogen) atoms. The minimum atomic E-state index is -1.29. The maximum Gasteiger partial charge on any atom is 0.223 e. The van der Waals surface area contributed by atoms with Crippen LogP contribution < -0.4 is 5.32 Å². The average molecular weight is 291 g/mol. The molecule has 4 nitrogen and oxygen atoms in total. The highest BCUT2D eigenvalue weighted by Gasteiger charge is 2.37. The van der Waals surface area contributed by atoms with Gasteiger partial charge in [0.15, 0.2) is 5.60 Å². The molecule has 2 aromatic heterocycles. The van der Waals surface area contributed by atoms with E-state index in [1.807, 2.05) is 17.5 Å². The Bertz CT molecular complexity index is 524. The molecule has 1 unspecified atom stereocenters. The molecule has 0 saturated heterocycles. The van der Waals surface area contributed by atoms with Crippen LogP contribution in [-0.4, -0.2) is 17.6 Å². The molecule has 1 saturated carbocycles. The van der Waals surface area contributed by atoms with E-state index in [0.717, 1.165) is 24.1 Å². The second-order valence-corrected chi connectivity index (χ2v) is 6.11. The van der Waals surface area contributed by atoms with E-state index in [-0.39, 0.29) is 18.4 Å². The van der Waals surface area contributed by atoms with Crippen LogP contribution in [0.3, 0.4) is 0 Å². The first-order chi connectivity index (χ1) is 9.70. The van der Waals surface area contributed by atoms with E-state index < -0.39 is 5.60 Å². The minimum absolute atomic E-state index is 0.0257. The van der Waals surface area contributed by atoms with E-state index in [0.29, 0.717) is 5.76 Å². The van der Waals surface area contributed by atoms with Gasteiger partial charge in [-0.25, -0.2) is 0 Å². The molecule has 0 aliphatic heterocycles. The minimum Gasteiger partial charge on any atom is -0.466 e. The van der Waals surface area contributed by atoms with Crippen molar-refractivity contribution in [2.75, 3.05) is 6.54 Å². The molecule has 0 radical (unpaired) electrons. The summed E-state index contributed by atoms with van der Waals surface area (Å²) in [6.07, 6.45) is 4.54. The summed E-state index contributed by atoms with van der Waals surface area (Å²) >= 11 is 1.45. The first kappa shape index (κ1) is 13.4. The lowest BCUT2D eigenvalue weighted by atomic mass is 9.84. The predicted octanol–water partition coefficient (Wildman–Crippen LogP) is 2.49. The second-order valence-electron chi connectivity index (χ2n) is 5.16. The van der Waals surface area contributed by atoms with Crippen LogP contribution in [0.1, 0.15) is 29.9 Å². The van der Waals surface area contributed by atoms with Gasteiger partial charge in [-0.3, -0.25) is 4.79 Å². The van der Waals surface area contributed by atoms with Crippen LogP contribution in [0, 0.1) is 5.92 Å². The summed E-state index contributed by atoms with van der Waals surface area (Å²) in [6, 6.07) is 7.20. The van der Waals surface area contributed by atoms with Crippen LogP contribution in [0.25, 0.3) is 0 Å². The van der Waals surface area contributed by atoms with Crippen molar-refractivity contribution in [2.24, 2.45) is 5.92 Å². The molecule has 1 fully saturated rings. The maximum absolute atomic E-state index is 12.0. The van der Waals surface area contributed by atoms with Crippen molar-refractivity contribution in [1.29, 1.82) is 0 Å². The molecule has 2 N–H and O–H groups in total. The third kappa shape index (κ3) is 2.39. The van der Waals surface area contributed by atoms with Crippen molar-refractivity contribution < 1.29 is 14.3 Å². The number of carbonyl (C=O) groups excluding carboxylic acids is 1. The zero-order chi connectivity index (χ0) is 14.0. The van der Waals surface area contributed by atoms with Crippen molar-refractivity contribution in [3.8, 4) is 0 Å². The first-order valence-electron chi connectivity index (χ1n) is 6.78. The number of nitrogens with one attached hydrogen (secondary N) is 1. The molecule has 2 heterocycles. The third-order valence-corrected chi connectivity index (χ3v) is 4.87. The van der Waals surface area contributed by atoms with Crippen molar-refractivity contribution in [3.05, 3.63) is 46.5 Å². The largest absolute Gasteiger partial charge is 0.466 e. The third-order valence-electron chi connectivity index (χ3n) is 3.85. The maximum atomic E-state index is 12.0. The van der Waals surface area contributed by atoms with Gasteiger partial charge in [-0.15, -0.1) is 11.3 Å². The molecule has 1 amide bonds. The molecular formula is C15H17NO3S. The molecule has 1 aliphatic rings. The van der Waals surface area contributed by atoms with E-state index in [1.54, 1.807) is 12.1 Å². The van der Waals surface area contributed by atoms with Crippen LogP contribution in [0.2, 0.25) is 0 Å². The Morgan fingerprint density at radius 1 is 1.45 bits per heavy atom. The SMILES string of the molecule is O=C(NCC(O)(c1ccco1)c1cccs1)C1CCC1. The summed E-state index contributed by atoms with van der Waals surface area (Å²) in [5, 5.41) is 15.7. The van der Waals surface area contributed by atoms with Crippen LogP contribution in [-0.2, 0) is 10.4 Å². The summed E-state index contributed by atoms with van der Waals surface area (Å²) in [7, 11) is 0. The number of aliphatic hydroxyl groups is 1. The van der Waals surface area contributed by atoms with Gasteiger partial charge in [-0.05, 0) is 36.4 Å². The molecule has 106 valence electrons. The van der Waals surface area contributed by atoms with E-state index in [2.05, 4.69) is 5.32 Å². The van der Waals surface area contributed by atoms with Crippen molar-refractivity contribution in [3.63, 3.8) is 0 Å². The predicted molar refractivity (Wildman–Crippen MR) is 76.4 cm³/mol. The molecular weight excluding hydrogens is 274 g/mol. The fourth-order valence-corrected chi connectivity index (χ4v) is 3.18. The molecule has 1 aliphatic carbocycles. The summed E-state index contributed by atoms with van der Waals surface area (Å²) in [5.74, 6) is 0.589. The van der Waals surface area contributed by atoms with Gasteiger partial charge in [0.05, 0.1) is 12.8 Å². The molecule has 1 atom stereocenters. The molecule has 0 spiro atoms. The standard InChI is InChI=1S/C15H17NO3S/c17-14(11-4-1-5-11)16-10-15(18,12-6-2-8-19-12)13-7-3-9-20-13/h2-3,6-9,11,18H,1,4-5,10H2,(H,16,17). The number of rotatable bonds is 5. The van der Waals surface area contributed by atoms with Gasteiger partial charge in [-0.1, -0.05) is 12.5 Å². The van der Waals surface area contributed by atoms with E-state index >= 15 is 0 Å². The van der Waals surface area contributed by atoms with Crippen molar-refractivity contribution >= 4 is 17.2 Å². The van der Waals surface area contributed by atoms with E-state index in [1.165, 1.54) is 17.6 Å². The molecule has 5 heteroatoms. The fourth-order valence-electron chi connectivity index (χ4n) is 2.35. The molecule has 0 aromatic carbocycles. The summed E-state index contributed by atoms with van der Waals surface area (Å²) in [5.41, 5.74) is -1.29. The number of carbonyl (C=O) groups is 1. The lowest BCUT2D eigenvalue weighted by molar-refractivity contribution is -0.128. The van der Waals surface area contributed by atoms with Crippen LogP contribution >= 0.6 is 11.3 Å². The van der Waals surface area contributed by atoms with Gasteiger partial charge in [0.25, 0.3) is 0 Å². The van der Waals surface area contributed by atoms with E-state index in [4.69, 9.17) is 4.42 Å². The Balaban J connectivity index is 1.78. The van der Waals surface area contributed by atoms with Crippen LogP contribution in [0.15, 0.2) is 40.3 Å². The normalized spacial score (nSPS) is 18.2. The fraction of sp³-hybridized carbons (Fsp3) is 0.400. The Kier molecular flexibility index (Phi) is 3.63. The van der Waals surface area contributed by atoms with Gasteiger partial charge in [-0.2, -0.15) is 0 Å². The summed E-state index contributed by atoms with van der Waals surface area (Å²) < 4.78 is 5.36. The summed E-state index contributed by atoms with van der Waals surface area (Å²) in [4.78, 5) is 12.7. The molecule has 3 rings (SSSR count). The van der Waals surface area contributed by atoms with Gasteiger partial charge >= 0.3 is 0 Å². The van der Waals surface area contributed by atoms with Gasteiger partial charge in [0.1, 0.15) is 5.76 Å². The van der Waals surface area contributed by atoms with Crippen molar-refractivity contribution in [2.45, 2.75) is 24.9 Å². The van der Waals surface area contributed by atoms with Gasteiger partial charge in [0.2, 0.25) is 5.91 Å². The highest BCUT2D eigenvalue weighted by Crippen LogP contribution is 2.33. The Labute approximate surface area is 121 Å². The zero-order valence-electron chi connectivity index (χ0n) is 11.0. The number of hydrogen-bond donors (Lipinski definition) is 2. The average Bonchev–Trinajstić information content (AvgIpc) is 3.05. The van der Waals surface area contributed by atoms with Gasteiger partial charge < -0.3 is 14.8 Å². The monoisotopic (exact) mass is 291 g/mol. The summed E-state index contributed by atoms with van der Waals surface area (Å²) in [6.45, 7) is 0.135. The topological polar surface area (TPSA) is 62.5 Å². The van der Waals surface area contributed by atoms with Crippen LogP contribution in [0.4, 0.5) is 0 Å². The second kappa shape index (κ2) is 5.42. The number of furan rings is 1.